The number of amides is 2. The number of urea groups is 1. The number of aryl methyl sites for hydroxylation is 2. The van der Waals surface area contributed by atoms with Crippen LogP contribution in [0.2, 0.25) is 0 Å². The minimum absolute atomic E-state index is 0.0661. The van der Waals surface area contributed by atoms with Crippen molar-refractivity contribution in [3.8, 4) is 0 Å². The van der Waals surface area contributed by atoms with E-state index in [1.807, 2.05) is 26.0 Å². The molecule has 2 heterocycles. The van der Waals surface area contributed by atoms with Gasteiger partial charge in [-0.15, -0.1) is 0 Å². The fourth-order valence-electron chi connectivity index (χ4n) is 3.34. The SMILES string of the molecule is CC[C@H](C)NC(=O)Nc1cc2c(cc1N1CCCC1)n(C)c(=O)n2C. The number of anilines is 2. The van der Waals surface area contributed by atoms with E-state index < -0.39 is 0 Å². The molecule has 7 heteroatoms. The number of nitrogens with zero attached hydrogens (tertiary/aromatic N) is 3. The third-order valence-electron chi connectivity index (χ3n) is 5.07. The zero-order chi connectivity index (χ0) is 18.1. The second-order valence-electron chi connectivity index (χ2n) is 6.86. The van der Waals surface area contributed by atoms with E-state index in [1.165, 1.54) is 0 Å². The molecule has 1 saturated heterocycles. The average Bonchev–Trinajstić information content (AvgIpc) is 3.19. The predicted molar refractivity (Wildman–Crippen MR) is 102 cm³/mol. The standard InChI is InChI=1S/C18H27N5O2/c1-5-12(2)19-17(24)20-13-10-15-16(22(4)18(25)21(15)3)11-14(13)23-8-6-7-9-23/h10-12H,5-9H2,1-4H3,(H2,19,20,24)/t12-/m0/s1. The lowest BCUT2D eigenvalue weighted by Crippen LogP contribution is -2.36. The second-order valence-corrected chi connectivity index (χ2v) is 6.86. The number of carbonyl (C=O) groups excluding carboxylic acids is 1. The van der Waals surface area contributed by atoms with Gasteiger partial charge in [-0.1, -0.05) is 6.92 Å². The predicted octanol–water partition coefficient (Wildman–Crippen LogP) is 2.40. The molecule has 1 aromatic carbocycles. The number of nitrogens with one attached hydrogen (secondary N) is 2. The van der Waals surface area contributed by atoms with E-state index in [4.69, 9.17) is 0 Å². The van der Waals surface area contributed by atoms with Crippen molar-refractivity contribution in [1.82, 2.24) is 14.5 Å². The Hall–Kier alpha value is -2.44. The summed E-state index contributed by atoms with van der Waals surface area (Å²) in [6, 6.07) is 3.82. The first kappa shape index (κ1) is 17.4. The van der Waals surface area contributed by atoms with Crippen molar-refractivity contribution in [1.29, 1.82) is 0 Å². The molecule has 1 fully saturated rings. The molecule has 0 spiro atoms. The van der Waals surface area contributed by atoms with E-state index in [-0.39, 0.29) is 17.8 Å². The molecule has 7 nitrogen and oxygen atoms in total. The third kappa shape index (κ3) is 3.23. The quantitative estimate of drug-likeness (QED) is 0.894. The van der Waals surface area contributed by atoms with Crippen LogP contribution in [0.4, 0.5) is 16.2 Å². The summed E-state index contributed by atoms with van der Waals surface area (Å²) in [6.45, 7) is 5.94. The van der Waals surface area contributed by atoms with Gasteiger partial charge >= 0.3 is 11.7 Å². The number of fused-ring (bicyclic) bond motifs is 1. The van der Waals surface area contributed by atoms with Crippen LogP contribution in [0.3, 0.4) is 0 Å². The van der Waals surface area contributed by atoms with Crippen LogP contribution in [0.15, 0.2) is 16.9 Å². The Bertz CT molecular complexity index is 845. The first-order valence-corrected chi connectivity index (χ1v) is 8.94. The number of carbonyl (C=O) groups is 1. The monoisotopic (exact) mass is 345 g/mol. The van der Waals surface area contributed by atoms with Crippen molar-refractivity contribution in [3.63, 3.8) is 0 Å². The van der Waals surface area contributed by atoms with Crippen LogP contribution in [0.25, 0.3) is 11.0 Å². The number of hydrogen-bond acceptors (Lipinski definition) is 3. The number of imidazole rings is 1. The van der Waals surface area contributed by atoms with E-state index in [9.17, 15) is 9.59 Å². The average molecular weight is 345 g/mol. The second kappa shape index (κ2) is 6.82. The van der Waals surface area contributed by atoms with E-state index in [2.05, 4.69) is 15.5 Å². The molecule has 136 valence electrons. The molecule has 0 aliphatic carbocycles. The largest absolute Gasteiger partial charge is 0.370 e. The third-order valence-corrected chi connectivity index (χ3v) is 5.07. The molecule has 2 amide bonds. The minimum Gasteiger partial charge on any atom is -0.370 e. The zero-order valence-electron chi connectivity index (χ0n) is 15.4. The zero-order valence-corrected chi connectivity index (χ0v) is 15.4. The van der Waals surface area contributed by atoms with E-state index >= 15 is 0 Å². The van der Waals surface area contributed by atoms with Gasteiger partial charge in [0.15, 0.2) is 0 Å². The van der Waals surface area contributed by atoms with Gasteiger partial charge in [0.1, 0.15) is 0 Å². The highest BCUT2D eigenvalue weighted by Gasteiger charge is 2.20. The first-order valence-electron chi connectivity index (χ1n) is 8.94. The van der Waals surface area contributed by atoms with Crippen molar-refractivity contribution in [2.75, 3.05) is 23.3 Å². The maximum absolute atomic E-state index is 12.3. The van der Waals surface area contributed by atoms with Gasteiger partial charge in [0, 0.05) is 33.2 Å². The lowest BCUT2D eigenvalue weighted by Gasteiger charge is -2.23. The number of rotatable bonds is 4. The molecule has 2 aromatic rings. The number of hydrogen-bond donors (Lipinski definition) is 2. The fourth-order valence-corrected chi connectivity index (χ4v) is 3.34. The fraction of sp³-hybridized carbons (Fsp3) is 0.556. The Morgan fingerprint density at radius 2 is 1.76 bits per heavy atom. The number of benzene rings is 1. The van der Waals surface area contributed by atoms with Gasteiger partial charge in [-0.3, -0.25) is 9.13 Å². The summed E-state index contributed by atoms with van der Waals surface area (Å²) in [7, 11) is 3.53. The topological polar surface area (TPSA) is 71.3 Å². The Kier molecular flexibility index (Phi) is 4.74. The minimum atomic E-state index is -0.213. The summed E-state index contributed by atoms with van der Waals surface area (Å²) in [6.07, 6.45) is 3.16. The molecule has 1 aliphatic rings. The van der Waals surface area contributed by atoms with Crippen LogP contribution in [-0.4, -0.2) is 34.3 Å². The summed E-state index contributed by atoms with van der Waals surface area (Å²) in [5, 5.41) is 5.92. The van der Waals surface area contributed by atoms with Gasteiger partial charge in [0.05, 0.1) is 22.4 Å². The summed E-state index contributed by atoms with van der Waals surface area (Å²) >= 11 is 0. The van der Waals surface area contributed by atoms with Crippen molar-refractivity contribution in [2.45, 2.75) is 39.2 Å². The van der Waals surface area contributed by atoms with Crippen LogP contribution < -0.4 is 21.2 Å². The van der Waals surface area contributed by atoms with Gasteiger partial charge in [-0.25, -0.2) is 9.59 Å². The molecule has 1 aromatic heterocycles. The molecule has 0 saturated carbocycles. The Morgan fingerprint density at radius 3 is 2.36 bits per heavy atom. The Labute approximate surface area is 147 Å². The summed E-state index contributed by atoms with van der Waals surface area (Å²) in [5.74, 6) is 0. The van der Waals surface area contributed by atoms with E-state index in [0.717, 1.165) is 54.8 Å². The van der Waals surface area contributed by atoms with Gasteiger partial charge in [0.25, 0.3) is 0 Å². The highest BCUT2D eigenvalue weighted by atomic mass is 16.2. The van der Waals surface area contributed by atoms with E-state index in [1.54, 1.807) is 23.2 Å². The lowest BCUT2D eigenvalue weighted by atomic mass is 10.2. The van der Waals surface area contributed by atoms with Crippen LogP contribution in [0.5, 0.6) is 0 Å². The maximum atomic E-state index is 12.3. The molecule has 0 bridgehead atoms. The summed E-state index contributed by atoms with van der Waals surface area (Å²) < 4.78 is 3.26. The maximum Gasteiger partial charge on any atom is 0.328 e. The van der Waals surface area contributed by atoms with Gasteiger partial charge in [-0.05, 0) is 38.3 Å². The Morgan fingerprint density at radius 1 is 1.16 bits per heavy atom. The van der Waals surface area contributed by atoms with Crippen LogP contribution in [-0.2, 0) is 14.1 Å². The molecular weight excluding hydrogens is 318 g/mol. The van der Waals surface area contributed by atoms with Gasteiger partial charge in [0.2, 0.25) is 0 Å². The normalized spacial score (nSPS) is 15.6. The highest BCUT2D eigenvalue weighted by molar-refractivity contribution is 5.98. The van der Waals surface area contributed by atoms with Crippen molar-refractivity contribution in [3.05, 3.63) is 22.6 Å². The lowest BCUT2D eigenvalue weighted by molar-refractivity contribution is 0.249. The Balaban J connectivity index is 2.04. The van der Waals surface area contributed by atoms with Gasteiger partial charge in [-0.2, -0.15) is 0 Å². The molecular formula is C18H27N5O2. The van der Waals surface area contributed by atoms with Crippen molar-refractivity contribution < 1.29 is 4.79 Å². The molecule has 1 aliphatic heterocycles. The highest BCUT2D eigenvalue weighted by Crippen LogP contribution is 2.33. The van der Waals surface area contributed by atoms with Crippen molar-refractivity contribution >= 4 is 28.4 Å². The summed E-state index contributed by atoms with van der Waals surface area (Å²) in [4.78, 5) is 26.9. The van der Waals surface area contributed by atoms with Crippen molar-refractivity contribution in [2.24, 2.45) is 14.1 Å². The molecule has 2 N–H and O–H groups in total. The van der Waals surface area contributed by atoms with Crippen LogP contribution in [0.1, 0.15) is 33.1 Å². The van der Waals surface area contributed by atoms with E-state index in [0.29, 0.717) is 0 Å². The van der Waals surface area contributed by atoms with Crippen LogP contribution >= 0.6 is 0 Å². The van der Waals surface area contributed by atoms with Gasteiger partial charge < -0.3 is 15.5 Å². The molecule has 25 heavy (non-hydrogen) atoms. The molecule has 3 rings (SSSR count). The molecule has 1 atom stereocenters. The summed E-state index contributed by atoms with van der Waals surface area (Å²) in [5.41, 5.74) is 3.35. The first-order chi connectivity index (χ1) is 11.9. The molecule has 0 radical (unpaired) electrons. The smallest absolute Gasteiger partial charge is 0.328 e. The number of aromatic nitrogens is 2. The molecule has 0 unspecified atom stereocenters. The van der Waals surface area contributed by atoms with Crippen LogP contribution in [0, 0.1) is 0 Å².